The molecule has 0 spiro atoms. The van der Waals surface area contributed by atoms with E-state index in [2.05, 4.69) is 31.7 Å². The van der Waals surface area contributed by atoms with E-state index < -0.39 is 29.7 Å². The molecule has 1 aliphatic carbocycles. The SMILES string of the molecule is O=C(O)[C@H](CCN(CCCCc1ccc2c(n1)NCCC2)C1CC(F)(F)C1)Nc1ncc(C(F)(F)F)cn1. The van der Waals surface area contributed by atoms with Crippen LogP contribution in [0.3, 0.4) is 0 Å². The third kappa shape index (κ3) is 7.49. The van der Waals surface area contributed by atoms with E-state index >= 15 is 0 Å². The van der Waals surface area contributed by atoms with Crippen molar-refractivity contribution < 1.29 is 31.9 Å². The molecule has 38 heavy (non-hydrogen) atoms. The van der Waals surface area contributed by atoms with Crippen molar-refractivity contribution in [3.8, 4) is 0 Å². The summed E-state index contributed by atoms with van der Waals surface area (Å²) in [5.41, 5.74) is 1.13. The molecular weight excluding hydrogens is 511 g/mol. The predicted octanol–water partition coefficient (Wildman–Crippen LogP) is 4.63. The number of aryl methyl sites for hydroxylation is 2. The van der Waals surface area contributed by atoms with Crippen molar-refractivity contribution >= 4 is 17.7 Å². The molecule has 1 fully saturated rings. The van der Waals surface area contributed by atoms with E-state index in [1.807, 2.05) is 11.0 Å². The van der Waals surface area contributed by atoms with Gasteiger partial charge in [-0.1, -0.05) is 6.07 Å². The zero-order chi connectivity index (χ0) is 27.3. The number of aromatic nitrogens is 3. The van der Waals surface area contributed by atoms with Crippen LogP contribution >= 0.6 is 0 Å². The Balaban J connectivity index is 1.30. The van der Waals surface area contributed by atoms with Gasteiger partial charge in [0.1, 0.15) is 11.9 Å². The van der Waals surface area contributed by atoms with E-state index in [1.54, 1.807) is 0 Å². The van der Waals surface area contributed by atoms with Gasteiger partial charge in [0, 0.05) is 50.1 Å². The molecule has 2 aliphatic rings. The third-order valence-corrected chi connectivity index (χ3v) is 6.95. The highest BCUT2D eigenvalue weighted by Gasteiger charge is 2.47. The summed E-state index contributed by atoms with van der Waals surface area (Å²) in [6, 6.07) is 2.56. The molecule has 208 valence electrons. The van der Waals surface area contributed by atoms with Crippen LogP contribution in [0, 0.1) is 0 Å². The number of anilines is 2. The van der Waals surface area contributed by atoms with Crippen LogP contribution in [-0.2, 0) is 23.8 Å². The lowest BCUT2D eigenvalue weighted by Gasteiger charge is -2.43. The molecule has 1 saturated carbocycles. The molecule has 13 heteroatoms. The van der Waals surface area contributed by atoms with Crippen molar-refractivity contribution in [1.82, 2.24) is 19.9 Å². The highest BCUT2D eigenvalue weighted by molar-refractivity contribution is 5.76. The van der Waals surface area contributed by atoms with Crippen molar-refractivity contribution in [3.63, 3.8) is 0 Å². The van der Waals surface area contributed by atoms with Gasteiger partial charge in [-0.2, -0.15) is 13.2 Å². The van der Waals surface area contributed by atoms with Gasteiger partial charge in [0.15, 0.2) is 0 Å². The van der Waals surface area contributed by atoms with Gasteiger partial charge in [-0.05, 0) is 56.7 Å². The van der Waals surface area contributed by atoms with Gasteiger partial charge in [-0.25, -0.2) is 28.5 Å². The molecule has 4 rings (SSSR count). The largest absolute Gasteiger partial charge is 0.480 e. The van der Waals surface area contributed by atoms with Crippen molar-refractivity contribution in [3.05, 3.63) is 41.3 Å². The molecular formula is C25H31F5N6O2. The fraction of sp³-hybridized carbons (Fsp3) is 0.600. The smallest absolute Gasteiger partial charge is 0.419 e. The number of hydrogen-bond acceptors (Lipinski definition) is 7. The molecule has 3 heterocycles. The maximum absolute atomic E-state index is 13.6. The number of carboxylic acid groups (broad SMARTS) is 1. The number of rotatable bonds is 12. The summed E-state index contributed by atoms with van der Waals surface area (Å²) < 4.78 is 65.3. The first-order valence-electron chi connectivity index (χ1n) is 12.7. The average molecular weight is 543 g/mol. The fourth-order valence-electron chi connectivity index (χ4n) is 4.75. The van der Waals surface area contributed by atoms with Gasteiger partial charge in [0.2, 0.25) is 5.95 Å². The average Bonchev–Trinajstić information content (AvgIpc) is 2.85. The van der Waals surface area contributed by atoms with Gasteiger partial charge >= 0.3 is 12.1 Å². The first-order valence-corrected chi connectivity index (χ1v) is 12.7. The number of fused-ring (bicyclic) bond motifs is 1. The lowest BCUT2D eigenvalue weighted by molar-refractivity contribution is -0.139. The summed E-state index contributed by atoms with van der Waals surface area (Å²) in [6.07, 6.45) is 0.378. The number of carboxylic acids is 1. The Bertz CT molecular complexity index is 1090. The van der Waals surface area contributed by atoms with Crippen LogP contribution in [0.5, 0.6) is 0 Å². The minimum Gasteiger partial charge on any atom is -0.480 e. The highest BCUT2D eigenvalue weighted by atomic mass is 19.4. The van der Waals surface area contributed by atoms with Crippen LogP contribution in [0.15, 0.2) is 24.5 Å². The Labute approximate surface area is 217 Å². The van der Waals surface area contributed by atoms with Crippen molar-refractivity contribution in [2.24, 2.45) is 0 Å². The van der Waals surface area contributed by atoms with E-state index in [0.717, 1.165) is 50.2 Å². The summed E-state index contributed by atoms with van der Waals surface area (Å²) in [6.45, 7) is 1.65. The Morgan fingerprint density at radius 2 is 1.92 bits per heavy atom. The second-order valence-electron chi connectivity index (χ2n) is 9.87. The topological polar surface area (TPSA) is 103 Å². The standard InChI is InChI=1S/C25H31F5N6O2/c26-24(27)12-19(13-24)36(10-2-1-5-18-7-6-16-4-3-9-31-21(16)34-18)11-8-20(22(37)38)35-23-32-14-17(15-33-23)25(28,29)30/h6-7,14-15,19-20H,1-5,8-13H2,(H,31,34)(H,37,38)(H,32,33,35)/t20-/m0/s1. The summed E-state index contributed by atoms with van der Waals surface area (Å²) >= 11 is 0. The Kier molecular flexibility index (Phi) is 8.64. The third-order valence-electron chi connectivity index (χ3n) is 6.95. The number of halogens is 5. The van der Waals surface area contributed by atoms with Crippen LogP contribution in [-0.4, -0.2) is 68.6 Å². The van der Waals surface area contributed by atoms with E-state index in [1.165, 1.54) is 5.56 Å². The zero-order valence-corrected chi connectivity index (χ0v) is 20.8. The van der Waals surface area contributed by atoms with Crippen molar-refractivity contribution in [2.75, 3.05) is 30.3 Å². The summed E-state index contributed by atoms with van der Waals surface area (Å²) in [5.74, 6) is -3.28. The zero-order valence-electron chi connectivity index (χ0n) is 20.8. The summed E-state index contributed by atoms with van der Waals surface area (Å²) in [7, 11) is 0. The van der Waals surface area contributed by atoms with Crippen molar-refractivity contribution in [1.29, 1.82) is 0 Å². The molecule has 0 bridgehead atoms. The number of hydrogen-bond donors (Lipinski definition) is 3. The number of pyridine rings is 1. The number of carbonyl (C=O) groups is 1. The Morgan fingerprint density at radius 3 is 2.58 bits per heavy atom. The highest BCUT2D eigenvalue weighted by Crippen LogP contribution is 2.40. The van der Waals surface area contributed by atoms with Gasteiger partial charge in [-0.3, -0.25) is 4.90 Å². The lowest BCUT2D eigenvalue weighted by Crippen LogP contribution is -2.52. The van der Waals surface area contributed by atoms with Gasteiger partial charge < -0.3 is 15.7 Å². The van der Waals surface area contributed by atoms with Crippen molar-refractivity contribution in [2.45, 2.75) is 75.5 Å². The molecule has 0 radical (unpaired) electrons. The molecule has 0 unspecified atom stereocenters. The summed E-state index contributed by atoms with van der Waals surface area (Å²) in [4.78, 5) is 25.5. The number of nitrogens with zero attached hydrogens (tertiary/aromatic N) is 4. The van der Waals surface area contributed by atoms with E-state index in [4.69, 9.17) is 0 Å². The van der Waals surface area contributed by atoms with Crippen LogP contribution in [0.25, 0.3) is 0 Å². The molecule has 1 aliphatic heterocycles. The maximum Gasteiger partial charge on any atom is 0.419 e. The molecule has 1 atom stereocenters. The molecule has 3 N–H and O–H groups in total. The van der Waals surface area contributed by atoms with Gasteiger partial charge in [-0.15, -0.1) is 0 Å². The van der Waals surface area contributed by atoms with Crippen LogP contribution < -0.4 is 10.6 Å². The van der Waals surface area contributed by atoms with Crippen LogP contribution in [0.2, 0.25) is 0 Å². The molecule has 8 nitrogen and oxygen atoms in total. The number of unbranched alkanes of at least 4 members (excludes halogenated alkanes) is 1. The van der Waals surface area contributed by atoms with Gasteiger partial charge in [0.05, 0.1) is 5.56 Å². The monoisotopic (exact) mass is 542 g/mol. The van der Waals surface area contributed by atoms with Crippen LogP contribution in [0.1, 0.15) is 55.3 Å². The molecule has 2 aromatic rings. The van der Waals surface area contributed by atoms with E-state index in [0.29, 0.717) is 18.9 Å². The summed E-state index contributed by atoms with van der Waals surface area (Å²) in [5, 5.41) is 15.4. The quantitative estimate of drug-likeness (QED) is 0.264. The minimum atomic E-state index is -4.61. The van der Waals surface area contributed by atoms with Crippen LogP contribution in [0.4, 0.5) is 33.7 Å². The van der Waals surface area contributed by atoms with Gasteiger partial charge in [0.25, 0.3) is 5.92 Å². The second-order valence-corrected chi connectivity index (χ2v) is 9.87. The Morgan fingerprint density at radius 1 is 1.18 bits per heavy atom. The minimum absolute atomic E-state index is 0.0415. The predicted molar refractivity (Wildman–Crippen MR) is 130 cm³/mol. The number of aliphatic carboxylic acids is 1. The number of alkyl halides is 5. The lowest BCUT2D eigenvalue weighted by atomic mass is 9.86. The molecule has 0 amide bonds. The maximum atomic E-state index is 13.6. The second kappa shape index (κ2) is 11.7. The first kappa shape index (κ1) is 27.9. The first-order chi connectivity index (χ1) is 18.0. The van der Waals surface area contributed by atoms with E-state index in [9.17, 15) is 31.9 Å². The fourth-order valence-corrected chi connectivity index (χ4v) is 4.75. The molecule has 0 saturated heterocycles. The normalized spacial score (nSPS) is 17.8. The Hall–Kier alpha value is -3.09. The molecule has 2 aromatic heterocycles. The molecule has 0 aromatic carbocycles. The van der Waals surface area contributed by atoms with E-state index in [-0.39, 0.29) is 37.8 Å². The number of nitrogens with one attached hydrogen (secondary N) is 2.